The van der Waals surface area contributed by atoms with E-state index >= 15 is 0 Å². The summed E-state index contributed by atoms with van der Waals surface area (Å²) in [6.07, 6.45) is 4.29. The maximum Gasteiger partial charge on any atom is 0.123 e. The van der Waals surface area contributed by atoms with E-state index in [1.807, 2.05) is 36.1 Å². The van der Waals surface area contributed by atoms with Crippen LogP contribution in [0.5, 0.6) is 0 Å². The largest absolute Gasteiger partial charge is 0.399 e. The van der Waals surface area contributed by atoms with Gasteiger partial charge in [0.15, 0.2) is 0 Å². The summed E-state index contributed by atoms with van der Waals surface area (Å²) in [5, 5.41) is 7.64. The highest BCUT2D eigenvalue weighted by molar-refractivity contribution is 5.45. The van der Waals surface area contributed by atoms with E-state index in [-0.39, 0.29) is 5.41 Å². The van der Waals surface area contributed by atoms with Crippen molar-refractivity contribution in [2.45, 2.75) is 18.3 Å². The Bertz CT molecular complexity index is 537. The molecule has 94 valence electrons. The Morgan fingerprint density at radius 1 is 1.28 bits per heavy atom. The van der Waals surface area contributed by atoms with Gasteiger partial charge in [0.25, 0.3) is 0 Å². The molecule has 0 radical (unpaired) electrons. The average molecular weight is 242 g/mol. The monoisotopic (exact) mass is 242 g/mol. The van der Waals surface area contributed by atoms with Gasteiger partial charge in [-0.2, -0.15) is 5.10 Å². The minimum Gasteiger partial charge on any atom is -0.399 e. The van der Waals surface area contributed by atoms with Gasteiger partial charge in [-0.3, -0.25) is 4.68 Å². The van der Waals surface area contributed by atoms with Crippen molar-refractivity contribution < 1.29 is 0 Å². The summed E-state index contributed by atoms with van der Waals surface area (Å²) < 4.78 is 1.86. The third-order valence-corrected chi connectivity index (χ3v) is 3.81. The van der Waals surface area contributed by atoms with Crippen LogP contribution in [0.3, 0.4) is 0 Å². The first-order valence-corrected chi connectivity index (χ1v) is 6.28. The van der Waals surface area contributed by atoms with Crippen molar-refractivity contribution >= 4 is 11.5 Å². The summed E-state index contributed by atoms with van der Waals surface area (Å²) >= 11 is 0. The molecular weight excluding hydrogens is 224 g/mol. The Kier molecular flexibility index (Phi) is 2.51. The highest BCUT2D eigenvalue weighted by Gasteiger charge is 2.43. The summed E-state index contributed by atoms with van der Waals surface area (Å²) in [5.74, 6) is 1.07. The molecule has 1 fully saturated rings. The van der Waals surface area contributed by atoms with E-state index in [9.17, 15) is 0 Å². The first-order chi connectivity index (χ1) is 8.70. The summed E-state index contributed by atoms with van der Waals surface area (Å²) in [6.45, 7) is 0.955. The molecule has 3 rings (SSSR count). The predicted octanol–water partition coefficient (Wildman–Crippen LogP) is 2.15. The Morgan fingerprint density at radius 3 is 2.56 bits per heavy atom. The minimum absolute atomic E-state index is 0.290. The van der Waals surface area contributed by atoms with E-state index in [2.05, 4.69) is 22.5 Å². The Hall–Kier alpha value is -1.97. The standard InChI is InChI=1S/C14H18N4/c1-18-13(6-9-17-18)16-10-14(7-8-14)11-2-4-12(15)5-3-11/h2-6,9,16H,7-8,10,15H2,1H3. The zero-order chi connectivity index (χ0) is 12.6. The molecule has 0 bridgehead atoms. The molecule has 1 heterocycles. The molecule has 3 N–H and O–H groups in total. The maximum absolute atomic E-state index is 5.73. The van der Waals surface area contributed by atoms with Crippen molar-refractivity contribution in [1.29, 1.82) is 0 Å². The fraction of sp³-hybridized carbons (Fsp3) is 0.357. The molecule has 18 heavy (non-hydrogen) atoms. The molecule has 0 aliphatic heterocycles. The number of anilines is 2. The van der Waals surface area contributed by atoms with Crippen LogP contribution >= 0.6 is 0 Å². The van der Waals surface area contributed by atoms with Crippen molar-refractivity contribution in [3.8, 4) is 0 Å². The van der Waals surface area contributed by atoms with Crippen molar-refractivity contribution in [2.24, 2.45) is 7.05 Å². The lowest BCUT2D eigenvalue weighted by Crippen LogP contribution is -2.20. The molecular formula is C14H18N4. The number of nitrogens with two attached hydrogens (primary N) is 1. The molecule has 0 unspecified atom stereocenters. The summed E-state index contributed by atoms with van der Waals surface area (Å²) in [7, 11) is 1.95. The van der Waals surface area contributed by atoms with E-state index in [0.29, 0.717) is 0 Å². The normalized spacial score (nSPS) is 16.5. The van der Waals surface area contributed by atoms with E-state index in [0.717, 1.165) is 18.1 Å². The number of nitrogen functional groups attached to an aromatic ring is 1. The fourth-order valence-corrected chi connectivity index (χ4v) is 2.36. The fourth-order valence-electron chi connectivity index (χ4n) is 2.36. The molecule has 1 aromatic heterocycles. The van der Waals surface area contributed by atoms with Crippen LogP contribution in [0.4, 0.5) is 11.5 Å². The first-order valence-electron chi connectivity index (χ1n) is 6.28. The molecule has 4 heteroatoms. The lowest BCUT2D eigenvalue weighted by atomic mass is 9.96. The molecule has 1 aliphatic rings. The number of nitrogens with zero attached hydrogens (tertiary/aromatic N) is 2. The smallest absolute Gasteiger partial charge is 0.123 e. The Balaban J connectivity index is 1.72. The third-order valence-electron chi connectivity index (χ3n) is 3.81. The van der Waals surface area contributed by atoms with Gasteiger partial charge >= 0.3 is 0 Å². The van der Waals surface area contributed by atoms with Crippen molar-refractivity contribution in [3.05, 3.63) is 42.1 Å². The summed E-state index contributed by atoms with van der Waals surface area (Å²) in [4.78, 5) is 0. The lowest BCUT2D eigenvalue weighted by molar-refractivity contribution is 0.710. The van der Waals surface area contributed by atoms with Crippen molar-refractivity contribution in [2.75, 3.05) is 17.6 Å². The SMILES string of the molecule is Cn1nccc1NCC1(c2ccc(N)cc2)CC1. The van der Waals surface area contributed by atoms with Gasteiger partial charge < -0.3 is 11.1 Å². The van der Waals surface area contributed by atoms with Crippen LogP contribution < -0.4 is 11.1 Å². The Morgan fingerprint density at radius 2 is 2.00 bits per heavy atom. The van der Waals surface area contributed by atoms with Gasteiger partial charge in [0.05, 0.1) is 6.20 Å². The number of hydrogen-bond acceptors (Lipinski definition) is 3. The van der Waals surface area contributed by atoms with Crippen LogP contribution in [0.2, 0.25) is 0 Å². The van der Waals surface area contributed by atoms with Gasteiger partial charge in [0.1, 0.15) is 5.82 Å². The number of nitrogens with one attached hydrogen (secondary N) is 1. The number of hydrogen-bond donors (Lipinski definition) is 2. The van der Waals surface area contributed by atoms with Crippen LogP contribution in [-0.2, 0) is 12.5 Å². The van der Waals surface area contributed by atoms with E-state index < -0.39 is 0 Å². The molecule has 1 aliphatic carbocycles. The van der Waals surface area contributed by atoms with Gasteiger partial charge in [-0.15, -0.1) is 0 Å². The highest BCUT2D eigenvalue weighted by Crippen LogP contribution is 2.48. The predicted molar refractivity (Wildman–Crippen MR) is 73.5 cm³/mol. The number of aryl methyl sites for hydroxylation is 1. The second-order valence-corrected chi connectivity index (χ2v) is 5.10. The molecule has 0 amide bonds. The zero-order valence-corrected chi connectivity index (χ0v) is 10.6. The molecule has 0 spiro atoms. The Labute approximate surface area is 107 Å². The topological polar surface area (TPSA) is 55.9 Å². The van der Waals surface area contributed by atoms with E-state index in [4.69, 9.17) is 5.73 Å². The van der Waals surface area contributed by atoms with Crippen LogP contribution in [-0.4, -0.2) is 16.3 Å². The minimum atomic E-state index is 0.290. The zero-order valence-electron chi connectivity index (χ0n) is 10.6. The van der Waals surface area contributed by atoms with Crippen LogP contribution in [0.25, 0.3) is 0 Å². The van der Waals surface area contributed by atoms with Gasteiger partial charge in [-0.05, 0) is 30.5 Å². The van der Waals surface area contributed by atoms with Gasteiger partial charge in [0, 0.05) is 30.8 Å². The van der Waals surface area contributed by atoms with Crippen LogP contribution in [0, 0.1) is 0 Å². The molecule has 0 saturated heterocycles. The molecule has 1 saturated carbocycles. The quantitative estimate of drug-likeness (QED) is 0.808. The first kappa shape index (κ1) is 11.1. The van der Waals surface area contributed by atoms with Crippen LogP contribution in [0.1, 0.15) is 18.4 Å². The molecule has 1 aromatic carbocycles. The molecule has 0 atom stereocenters. The van der Waals surface area contributed by atoms with Crippen LogP contribution in [0.15, 0.2) is 36.5 Å². The number of aromatic nitrogens is 2. The van der Waals surface area contributed by atoms with E-state index in [1.54, 1.807) is 0 Å². The van der Waals surface area contributed by atoms with Crippen molar-refractivity contribution in [1.82, 2.24) is 9.78 Å². The molecule has 2 aromatic rings. The van der Waals surface area contributed by atoms with E-state index in [1.165, 1.54) is 18.4 Å². The second-order valence-electron chi connectivity index (χ2n) is 5.10. The summed E-state index contributed by atoms with van der Waals surface area (Å²) in [5.41, 5.74) is 8.23. The number of rotatable bonds is 4. The second kappa shape index (κ2) is 4.05. The average Bonchev–Trinajstić information content (AvgIpc) is 3.05. The van der Waals surface area contributed by atoms with Gasteiger partial charge in [0.2, 0.25) is 0 Å². The van der Waals surface area contributed by atoms with Gasteiger partial charge in [-0.1, -0.05) is 12.1 Å². The van der Waals surface area contributed by atoms with Crippen molar-refractivity contribution in [3.63, 3.8) is 0 Å². The molecule has 4 nitrogen and oxygen atoms in total. The summed E-state index contributed by atoms with van der Waals surface area (Å²) in [6, 6.07) is 10.3. The third kappa shape index (κ3) is 1.94. The lowest BCUT2D eigenvalue weighted by Gasteiger charge is -2.17. The van der Waals surface area contributed by atoms with Gasteiger partial charge in [-0.25, -0.2) is 0 Å². The highest BCUT2D eigenvalue weighted by atomic mass is 15.3. The maximum atomic E-state index is 5.73. The number of benzene rings is 1.